The fraction of sp³-hybridized carbons (Fsp3) is 0.375. The zero-order valence-corrected chi connectivity index (χ0v) is 14.5. The van der Waals surface area contributed by atoms with Gasteiger partial charge in [-0.15, -0.1) is 0 Å². The molecule has 22 heavy (non-hydrogen) atoms. The predicted molar refractivity (Wildman–Crippen MR) is 92.2 cm³/mol. The molecule has 116 valence electrons. The Morgan fingerprint density at radius 3 is 2.45 bits per heavy atom. The van der Waals surface area contributed by atoms with Crippen molar-refractivity contribution >= 4 is 44.9 Å². The number of piperidine rings is 1. The molecule has 1 aromatic carbocycles. The maximum atomic E-state index is 12.4. The Hall–Kier alpha value is -1.11. The molecule has 0 unspecified atom stereocenters. The second kappa shape index (κ2) is 6.98. The molecule has 6 heteroatoms. The van der Waals surface area contributed by atoms with Gasteiger partial charge in [-0.3, -0.25) is 19.4 Å². The molecule has 0 radical (unpaired) electrons. The average molecular weight is 381 g/mol. The summed E-state index contributed by atoms with van der Waals surface area (Å²) in [6.45, 7) is 2.35. The Bertz CT molecular complexity index is 609. The highest BCUT2D eigenvalue weighted by Gasteiger charge is 2.36. The van der Waals surface area contributed by atoms with Gasteiger partial charge in [0.25, 0.3) is 11.1 Å². The minimum atomic E-state index is -0.177. The van der Waals surface area contributed by atoms with Crippen molar-refractivity contribution in [2.75, 3.05) is 19.8 Å². The molecule has 3 rings (SSSR count). The van der Waals surface area contributed by atoms with E-state index in [0.717, 1.165) is 47.7 Å². The van der Waals surface area contributed by atoms with Crippen LogP contribution in [0.1, 0.15) is 24.8 Å². The lowest BCUT2D eigenvalue weighted by atomic mass is 10.1. The topological polar surface area (TPSA) is 40.6 Å². The second-order valence-electron chi connectivity index (χ2n) is 5.48. The third kappa shape index (κ3) is 3.62. The number of nitrogens with zero attached hydrogens (tertiary/aromatic N) is 2. The van der Waals surface area contributed by atoms with Gasteiger partial charge in [0, 0.05) is 4.47 Å². The summed E-state index contributed by atoms with van der Waals surface area (Å²) < 4.78 is 0.989. The van der Waals surface area contributed by atoms with Crippen LogP contribution in [0.25, 0.3) is 6.08 Å². The monoisotopic (exact) mass is 380 g/mol. The van der Waals surface area contributed by atoms with Crippen molar-refractivity contribution < 1.29 is 9.59 Å². The molecule has 2 fully saturated rings. The molecular formula is C16H17BrN2O2S. The molecule has 4 nitrogen and oxygen atoms in total. The highest BCUT2D eigenvalue weighted by atomic mass is 79.9. The summed E-state index contributed by atoms with van der Waals surface area (Å²) in [5.41, 5.74) is 0.923. The summed E-state index contributed by atoms with van der Waals surface area (Å²) >= 11 is 4.41. The fourth-order valence-electron chi connectivity index (χ4n) is 2.63. The molecule has 0 saturated carbocycles. The smallest absolute Gasteiger partial charge is 0.286 e. The fourth-order valence-corrected chi connectivity index (χ4v) is 3.73. The van der Waals surface area contributed by atoms with Crippen LogP contribution in [-0.2, 0) is 4.79 Å². The maximum absolute atomic E-state index is 12.4. The van der Waals surface area contributed by atoms with Crippen molar-refractivity contribution in [3.63, 3.8) is 0 Å². The van der Waals surface area contributed by atoms with Crippen LogP contribution in [0.2, 0.25) is 0 Å². The molecule has 0 atom stereocenters. The Morgan fingerprint density at radius 2 is 1.77 bits per heavy atom. The van der Waals surface area contributed by atoms with Crippen molar-refractivity contribution in [2.45, 2.75) is 19.3 Å². The summed E-state index contributed by atoms with van der Waals surface area (Å²) in [5, 5.41) is -0.168. The highest BCUT2D eigenvalue weighted by Crippen LogP contribution is 2.32. The molecule has 2 aliphatic heterocycles. The van der Waals surface area contributed by atoms with Crippen molar-refractivity contribution in [3.05, 3.63) is 39.2 Å². The SMILES string of the molecule is O=C1SC(=Cc2ccc(Br)cc2)C(=O)N1CN1CCCCC1. The third-order valence-electron chi connectivity index (χ3n) is 3.83. The Labute approximate surface area is 142 Å². The van der Waals surface area contributed by atoms with E-state index in [-0.39, 0.29) is 11.1 Å². The Balaban J connectivity index is 1.71. The number of likely N-dealkylation sites (tertiary alicyclic amines) is 1. The van der Waals surface area contributed by atoms with Gasteiger partial charge in [0.05, 0.1) is 11.6 Å². The van der Waals surface area contributed by atoms with Crippen molar-refractivity contribution in [3.8, 4) is 0 Å². The predicted octanol–water partition coefficient (Wildman–Crippen LogP) is 3.93. The van der Waals surface area contributed by atoms with Crippen LogP contribution in [0.5, 0.6) is 0 Å². The number of thioether (sulfide) groups is 1. The minimum Gasteiger partial charge on any atom is -0.286 e. The number of hydrogen-bond acceptors (Lipinski definition) is 4. The molecule has 2 heterocycles. The third-order valence-corrected chi connectivity index (χ3v) is 5.27. The zero-order chi connectivity index (χ0) is 15.5. The van der Waals surface area contributed by atoms with E-state index in [9.17, 15) is 9.59 Å². The number of amides is 2. The zero-order valence-electron chi connectivity index (χ0n) is 12.1. The molecule has 0 aromatic heterocycles. The van der Waals surface area contributed by atoms with E-state index in [4.69, 9.17) is 0 Å². The lowest BCUT2D eigenvalue weighted by molar-refractivity contribution is -0.124. The molecule has 1 aromatic rings. The van der Waals surface area contributed by atoms with Crippen molar-refractivity contribution in [1.82, 2.24) is 9.80 Å². The number of hydrogen-bond donors (Lipinski definition) is 0. The van der Waals surface area contributed by atoms with E-state index in [1.54, 1.807) is 6.08 Å². The van der Waals surface area contributed by atoms with Gasteiger partial charge in [0.15, 0.2) is 0 Å². The Kier molecular flexibility index (Phi) is 5.00. The first kappa shape index (κ1) is 15.8. The molecule has 2 amide bonds. The van der Waals surface area contributed by atoms with Gasteiger partial charge >= 0.3 is 0 Å². The number of halogens is 1. The van der Waals surface area contributed by atoms with Gasteiger partial charge in [-0.1, -0.05) is 34.5 Å². The van der Waals surface area contributed by atoms with E-state index < -0.39 is 0 Å². The summed E-state index contributed by atoms with van der Waals surface area (Å²) in [6.07, 6.45) is 5.31. The number of benzene rings is 1. The van der Waals surface area contributed by atoms with Crippen LogP contribution in [-0.4, -0.2) is 40.7 Å². The van der Waals surface area contributed by atoms with Crippen LogP contribution in [0, 0.1) is 0 Å². The molecule has 0 spiro atoms. The van der Waals surface area contributed by atoms with E-state index in [1.807, 2.05) is 24.3 Å². The first-order valence-electron chi connectivity index (χ1n) is 7.37. The number of carbonyl (C=O) groups excluding carboxylic acids is 2. The molecule has 2 aliphatic rings. The first-order valence-corrected chi connectivity index (χ1v) is 8.98. The normalized spacial score (nSPS) is 21.9. The number of carbonyl (C=O) groups is 2. The number of rotatable bonds is 3. The molecule has 2 saturated heterocycles. The van der Waals surface area contributed by atoms with E-state index in [2.05, 4.69) is 20.8 Å². The average Bonchev–Trinajstić information content (AvgIpc) is 2.78. The van der Waals surface area contributed by atoms with E-state index in [1.165, 1.54) is 11.3 Å². The van der Waals surface area contributed by atoms with Gasteiger partial charge in [-0.05, 0) is 61.5 Å². The molecular weight excluding hydrogens is 364 g/mol. The largest absolute Gasteiger partial charge is 0.294 e. The van der Waals surface area contributed by atoms with Gasteiger partial charge in [0.2, 0.25) is 0 Å². The molecule has 0 N–H and O–H groups in total. The lowest BCUT2D eigenvalue weighted by Gasteiger charge is -2.29. The van der Waals surface area contributed by atoms with Crippen molar-refractivity contribution in [1.29, 1.82) is 0 Å². The molecule has 0 aliphatic carbocycles. The minimum absolute atomic E-state index is 0.168. The first-order chi connectivity index (χ1) is 10.6. The summed E-state index contributed by atoms with van der Waals surface area (Å²) in [4.78, 5) is 28.6. The van der Waals surface area contributed by atoms with Crippen LogP contribution < -0.4 is 0 Å². The van der Waals surface area contributed by atoms with Crippen LogP contribution in [0.15, 0.2) is 33.6 Å². The van der Waals surface area contributed by atoms with E-state index >= 15 is 0 Å². The summed E-state index contributed by atoms with van der Waals surface area (Å²) in [6, 6.07) is 7.68. The highest BCUT2D eigenvalue weighted by molar-refractivity contribution is 9.10. The van der Waals surface area contributed by atoms with Crippen molar-refractivity contribution in [2.24, 2.45) is 0 Å². The van der Waals surface area contributed by atoms with Crippen LogP contribution in [0.4, 0.5) is 4.79 Å². The second-order valence-corrected chi connectivity index (χ2v) is 7.39. The summed E-state index contributed by atoms with van der Waals surface area (Å²) in [5.74, 6) is -0.177. The molecule has 0 bridgehead atoms. The number of imide groups is 1. The quantitative estimate of drug-likeness (QED) is 0.744. The van der Waals surface area contributed by atoms with Gasteiger partial charge in [0.1, 0.15) is 0 Å². The van der Waals surface area contributed by atoms with Gasteiger partial charge in [-0.2, -0.15) is 0 Å². The Morgan fingerprint density at radius 1 is 1.09 bits per heavy atom. The van der Waals surface area contributed by atoms with Gasteiger partial charge < -0.3 is 0 Å². The van der Waals surface area contributed by atoms with Gasteiger partial charge in [-0.25, -0.2) is 0 Å². The van der Waals surface area contributed by atoms with Crippen LogP contribution in [0.3, 0.4) is 0 Å². The summed E-state index contributed by atoms with van der Waals surface area (Å²) in [7, 11) is 0. The maximum Gasteiger partial charge on any atom is 0.294 e. The standard InChI is InChI=1S/C16H17BrN2O2S/c17-13-6-4-12(5-7-13)10-14-15(20)19(16(21)22-14)11-18-8-2-1-3-9-18/h4-7,10H,1-3,8-9,11H2. The van der Waals surface area contributed by atoms with E-state index in [0.29, 0.717) is 11.6 Å². The lowest BCUT2D eigenvalue weighted by Crippen LogP contribution is -2.42. The van der Waals surface area contributed by atoms with Crippen LogP contribution >= 0.6 is 27.7 Å².